The van der Waals surface area contributed by atoms with Gasteiger partial charge in [0.05, 0.1) is 23.6 Å². The number of nitro benzene ring substituents is 1. The van der Waals surface area contributed by atoms with Crippen molar-refractivity contribution in [1.82, 2.24) is 0 Å². The normalized spacial score (nSPS) is 10.4. The van der Waals surface area contributed by atoms with Crippen molar-refractivity contribution in [3.63, 3.8) is 0 Å². The Kier molecular flexibility index (Phi) is 3.78. The quantitative estimate of drug-likeness (QED) is 0.671. The van der Waals surface area contributed by atoms with Gasteiger partial charge in [-0.3, -0.25) is 20.2 Å². The lowest BCUT2D eigenvalue weighted by molar-refractivity contribution is -0.402. The van der Waals surface area contributed by atoms with Gasteiger partial charge in [0.25, 0.3) is 5.69 Å². The lowest BCUT2D eigenvalue weighted by Crippen LogP contribution is -2.05. The predicted molar refractivity (Wildman–Crippen MR) is 65.7 cm³/mol. The molecule has 0 saturated carbocycles. The summed E-state index contributed by atoms with van der Waals surface area (Å²) in [4.78, 5) is 19.5. The molecule has 8 nitrogen and oxygen atoms in total. The Balaban J connectivity index is 2.23. The number of furan rings is 1. The molecule has 0 radical (unpaired) electrons. The van der Waals surface area contributed by atoms with Crippen molar-refractivity contribution in [2.45, 2.75) is 6.54 Å². The van der Waals surface area contributed by atoms with Crippen molar-refractivity contribution in [2.24, 2.45) is 0 Å². The molecule has 1 aromatic carbocycles. The molecule has 2 rings (SSSR count). The van der Waals surface area contributed by atoms with E-state index in [1.54, 1.807) is 0 Å². The molecule has 110 valence electrons. The van der Waals surface area contributed by atoms with Gasteiger partial charge in [0.2, 0.25) is 0 Å². The first-order chi connectivity index (χ1) is 9.88. The van der Waals surface area contributed by atoms with Gasteiger partial charge in [0, 0.05) is 6.07 Å². The second kappa shape index (κ2) is 5.53. The molecular formula is C11H7F2N3O5. The maximum atomic E-state index is 13.6. The van der Waals surface area contributed by atoms with Crippen molar-refractivity contribution in [3.8, 4) is 0 Å². The number of hydrogen-bond acceptors (Lipinski definition) is 6. The molecule has 1 aromatic heterocycles. The number of anilines is 1. The summed E-state index contributed by atoms with van der Waals surface area (Å²) in [7, 11) is 0. The summed E-state index contributed by atoms with van der Waals surface area (Å²) in [6.45, 7) is -0.239. The van der Waals surface area contributed by atoms with E-state index < -0.39 is 38.7 Å². The van der Waals surface area contributed by atoms with Gasteiger partial charge in [0.15, 0.2) is 5.82 Å². The van der Waals surface area contributed by atoms with Gasteiger partial charge >= 0.3 is 5.88 Å². The summed E-state index contributed by atoms with van der Waals surface area (Å²) in [5, 5.41) is 23.5. The van der Waals surface area contributed by atoms with Crippen LogP contribution in [0, 0.1) is 31.9 Å². The molecule has 2 aromatic rings. The Bertz CT molecular complexity index is 716. The number of halogens is 2. The summed E-state index contributed by atoms with van der Waals surface area (Å²) in [6, 6.07) is 3.40. The van der Waals surface area contributed by atoms with Crippen LogP contribution in [0.25, 0.3) is 0 Å². The molecule has 10 heteroatoms. The zero-order valence-corrected chi connectivity index (χ0v) is 10.2. The van der Waals surface area contributed by atoms with Crippen LogP contribution in [-0.4, -0.2) is 9.85 Å². The van der Waals surface area contributed by atoms with Gasteiger partial charge in [-0.1, -0.05) is 0 Å². The van der Waals surface area contributed by atoms with Crippen LogP contribution >= 0.6 is 0 Å². The number of nitro groups is 2. The minimum absolute atomic E-state index is 0.0692. The molecule has 21 heavy (non-hydrogen) atoms. The van der Waals surface area contributed by atoms with Crippen molar-refractivity contribution >= 4 is 17.3 Å². The molecule has 0 aliphatic rings. The molecule has 0 aliphatic heterocycles. The smallest absolute Gasteiger partial charge is 0.404 e. The number of nitrogens with zero attached hydrogens (tertiary/aromatic N) is 2. The largest absolute Gasteiger partial charge is 0.433 e. The first-order valence-corrected chi connectivity index (χ1v) is 5.49. The third-order valence-electron chi connectivity index (χ3n) is 2.50. The maximum Gasteiger partial charge on any atom is 0.433 e. The summed E-state index contributed by atoms with van der Waals surface area (Å²) < 4.78 is 31.3. The van der Waals surface area contributed by atoms with E-state index in [2.05, 4.69) is 5.32 Å². The zero-order chi connectivity index (χ0) is 15.6. The number of hydrogen-bond donors (Lipinski definition) is 1. The van der Waals surface area contributed by atoms with Crippen LogP contribution in [0.4, 0.5) is 26.0 Å². The Morgan fingerprint density at radius 3 is 2.43 bits per heavy atom. The maximum absolute atomic E-state index is 13.6. The van der Waals surface area contributed by atoms with Gasteiger partial charge in [0.1, 0.15) is 22.2 Å². The van der Waals surface area contributed by atoms with Crippen LogP contribution < -0.4 is 5.32 Å². The zero-order valence-electron chi connectivity index (χ0n) is 10.2. The molecule has 1 N–H and O–H groups in total. The van der Waals surface area contributed by atoms with Crippen LogP contribution in [0.3, 0.4) is 0 Å². The van der Waals surface area contributed by atoms with E-state index in [0.29, 0.717) is 12.1 Å². The van der Waals surface area contributed by atoms with Crippen LogP contribution in [0.2, 0.25) is 0 Å². The van der Waals surface area contributed by atoms with Crippen molar-refractivity contribution in [2.75, 3.05) is 5.32 Å². The molecule has 0 amide bonds. The fourth-order valence-electron chi connectivity index (χ4n) is 1.61. The standard InChI is InChI=1S/C11H7F2N3O5/c12-6-3-8(13)11(9(4-6)15(17)18)14-5-7-1-2-10(21-7)16(19)20/h1-4,14H,5H2. The molecule has 0 bridgehead atoms. The van der Waals surface area contributed by atoms with E-state index in [-0.39, 0.29) is 12.3 Å². The highest BCUT2D eigenvalue weighted by molar-refractivity contribution is 5.62. The summed E-state index contributed by atoms with van der Waals surface area (Å²) in [6.07, 6.45) is 0. The second-order valence-corrected chi connectivity index (χ2v) is 3.89. The van der Waals surface area contributed by atoms with Gasteiger partial charge in [-0.05, 0) is 6.07 Å². The predicted octanol–water partition coefficient (Wildman–Crippen LogP) is 2.99. The summed E-state index contributed by atoms with van der Waals surface area (Å²) >= 11 is 0. The van der Waals surface area contributed by atoms with Gasteiger partial charge in [-0.2, -0.15) is 0 Å². The van der Waals surface area contributed by atoms with Crippen LogP contribution in [0.15, 0.2) is 28.7 Å². The first-order valence-electron chi connectivity index (χ1n) is 5.49. The highest BCUT2D eigenvalue weighted by atomic mass is 19.1. The third kappa shape index (κ3) is 3.11. The van der Waals surface area contributed by atoms with Gasteiger partial charge in [-0.15, -0.1) is 0 Å². The van der Waals surface area contributed by atoms with E-state index in [9.17, 15) is 29.0 Å². The van der Waals surface area contributed by atoms with Crippen LogP contribution in [0.1, 0.15) is 5.76 Å². The molecular weight excluding hydrogens is 292 g/mol. The summed E-state index contributed by atoms with van der Waals surface area (Å²) in [5.41, 5.74) is -1.31. The average molecular weight is 299 g/mol. The first kappa shape index (κ1) is 14.4. The van der Waals surface area contributed by atoms with Crippen LogP contribution in [0.5, 0.6) is 0 Å². The monoisotopic (exact) mass is 299 g/mol. The SMILES string of the molecule is O=[N+]([O-])c1ccc(CNc2c(F)cc(F)cc2[N+](=O)[O-])o1. The lowest BCUT2D eigenvalue weighted by Gasteiger charge is -2.06. The Morgan fingerprint density at radius 1 is 1.14 bits per heavy atom. The molecule has 0 fully saturated rings. The van der Waals surface area contributed by atoms with E-state index in [4.69, 9.17) is 4.42 Å². The third-order valence-corrected chi connectivity index (χ3v) is 2.50. The minimum Gasteiger partial charge on any atom is -0.404 e. The fraction of sp³-hybridized carbons (Fsp3) is 0.0909. The van der Waals surface area contributed by atoms with E-state index >= 15 is 0 Å². The van der Waals surface area contributed by atoms with Gasteiger partial charge in [-0.25, -0.2) is 8.78 Å². The van der Waals surface area contributed by atoms with E-state index in [1.165, 1.54) is 6.07 Å². The molecule has 0 unspecified atom stereocenters. The van der Waals surface area contributed by atoms with Gasteiger partial charge < -0.3 is 9.73 Å². The number of benzene rings is 1. The molecule has 0 saturated heterocycles. The Morgan fingerprint density at radius 2 is 1.86 bits per heavy atom. The Labute approximate surface area is 115 Å². The summed E-state index contributed by atoms with van der Waals surface area (Å²) in [5.74, 6) is -2.68. The Hall–Kier alpha value is -3.04. The highest BCUT2D eigenvalue weighted by Crippen LogP contribution is 2.29. The number of rotatable bonds is 5. The minimum atomic E-state index is -1.15. The molecule has 1 heterocycles. The van der Waals surface area contributed by atoms with Crippen LogP contribution in [-0.2, 0) is 6.54 Å². The second-order valence-electron chi connectivity index (χ2n) is 3.89. The average Bonchev–Trinajstić information content (AvgIpc) is 2.85. The van der Waals surface area contributed by atoms with Crippen molar-refractivity contribution in [1.29, 1.82) is 0 Å². The van der Waals surface area contributed by atoms with Crippen molar-refractivity contribution in [3.05, 3.63) is 61.9 Å². The molecule has 0 spiro atoms. The highest BCUT2D eigenvalue weighted by Gasteiger charge is 2.21. The van der Waals surface area contributed by atoms with E-state index in [0.717, 1.165) is 6.07 Å². The van der Waals surface area contributed by atoms with Crippen molar-refractivity contribution < 1.29 is 23.0 Å². The molecule has 0 atom stereocenters. The lowest BCUT2D eigenvalue weighted by atomic mass is 10.2. The topological polar surface area (TPSA) is 111 Å². The number of nitrogens with one attached hydrogen (secondary N) is 1. The molecule has 0 aliphatic carbocycles. The van der Waals surface area contributed by atoms with E-state index in [1.807, 2.05) is 0 Å². The fourth-order valence-corrected chi connectivity index (χ4v) is 1.61.